The number of rotatable bonds is 4. The SMILES string of the molecule is CCCC1NC(=O)c2ccc(CC(C)C)cc21. The van der Waals surface area contributed by atoms with E-state index in [0.29, 0.717) is 5.92 Å². The Kier molecular flexibility index (Phi) is 3.51. The van der Waals surface area contributed by atoms with Crippen LogP contribution in [0.1, 0.15) is 61.1 Å². The van der Waals surface area contributed by atoms with Crippen LogP contribution in [0.25, 0.3) is 0 Å². The number of hydrogen-bond donors (Lipinski definition) is 1. The first-order chi connectivity index (χ1) is 8.11. The normalized spacial score (nSPS) is 18.4. The second-order valence-electron chi connectivity index (χ2n) is 5.33. The van der Waals surface area contributed by atoms with Gasteiger partial charge in [-0.25, -0.2) is 0 Å². The molecule has 1 N–H and O–H groups in total. The van der Waals surface area contributed by atoms with E-state index in [9.17, 15) is 4.79 Å². The number of carbonyl (C=O) groups is 1. The van der Waals surface area contributed by atoms with Crippen LogP contribution in [-0.2, 0) is 6.42 Å². The van der Waals surface area contributed by atoms with Crippen molar-refractivity contribution in [2.75, 3.05) is 0 Å². The van der Waals surface area contributed by atoms with Gasteiger partial charge in [0.05, 0.1) is 6.04 Å². The van der Waals surface area contributed by atoms with Crippen molar-refractivity contribution in [3.63, 3.8) is 0 Å². The molecule has 0 aromatic heterocycles. The molecule has 92 valence electrons. The molecule has 2 rings (SSSR count). The second kappa shape index (κ2) is 4.91. The highest BCUT2D eigenvalue weighted by Crippen LogP contribution is 2.30. The van der Waals surface area contributed by atoms with Crippen LogP contribution in [0.3, 0.4) is 0 Å². The Labute approximate surface area is 103 Å². The van der Waals surface area contributed by atoms with Gasteiger partial charge in [-0.15, -0.1) is 0 Å². The van der Waals surface area contributed by atoms with Gasteiger partial charge in [0, 0.05) is 5.56 Å². The lowest BCUT2D eigenvalue weighted by atomic mass is 9.95. The molecule has 1 aliphatic heterocycles. The molecule has 17 heavy (non-hydrogen) atoms. The third-order valence-corrected chi connectivity index (χ3v) is 3.26. The molecule has 1 atom stereocenters. The van der Waals surface area contributed by atoms with Crippen molar-refractivity contribution in [3.8, 4) is 0 Å². The van der Waals surface area contributed by atoms with Crippen molar-refractivity contribution >= 4 is 5.91 Å². The highest BCUT2D eigenvalue weighted by molar-refractivity contribution is 5.99. The largest absolute Gasteiger partial charge is 0.345 e. The van der Waals surface area contributed by atoms with Crippen LogP contribution in [-0.4, -0.2) is 5.91 Å². The Morgan fingerprint density at radius 1 is 1.35 bits per heavy atom. The van der Waals surface area contributed by atoms with Crippen molar-refractivity contribution in [2.24, 2.45) is 5.92 Å². The van der Waals surface area contributed by atoms with Crippen molar-refractivity contribution in [2.45, 2.75) is 46.1 Å². The zero-order valence-electron chi connectivity index (χ0n) is 10.9. The topological polar surface area (TPSA) is 29.1 Å². The van der Waals surface area contributed by atoms with Crippen molar-refractivity contribution in [3.05, 3.63) is 34.9 Å². The van der Waals surface area contributed by atoms with Crippen molar-refractivity contribution < 1.29 is 4.79 Å². The molecule has 1 aromatic carbocycles. The van der Waals surface area contributed by atoms with Crippen LogP contribution in [0.4, 0.5) is 0 Å². The Bertz CT molecular complexity index is 423. The number of amides is 1. The molecule has 0 aliphatic carbocycles. The van der Waals surface area contributed by atoms with Gasteiger partial charge in [-0.2, -0.15) is 0 Å². The molecule has 0 radical (unpaired) electrons. The second-order valence-corrected chi connectivity index (χ2v) is 5.33. The summed E-state index contributed by atoms with van der Waals surface area (Å²) in [5.74, 6) is 0.747. The van der Waals surface area contributed by atoms with Crippen LogP contribution in [0.15, 0.2) is 18.2 Å². The number of nitrogens with one attached hydrogen (secondary N) is 1. The summed E-state index contributed by atoms with van der Waals surface area (Å²) in [4.78, 5) is 11.8. The molecular weight excluding hydrogens is 210 g/mol. The number of fused-ring (bicyclic) bond motifs is 1. The maximum atomic E-state index is 11.8. The summed E-state index contributed by atoms with van der Waals surface area (Å²) < 4.78 is 0. The lowest BCUT2D eigenvalue weighted by molar-refractivity contribution is 0.0955. The Morgan fingerprint density at radius 3 is 2.76 bits per heavy atom. The highest BCUT2D eigenvalue weighted by Gasteiger charge is 2.27. The Balaban J connectivity index is 2.29. The first-order valence-corrected chi connectivity index (χ1v) is 6.55. The number of hydrogen-bond acceptors (Lipinski definition) is 1. The van der Waals surface area contributed by atoms with Crippen molar-refractivity contribution in [1.29, 1.82) is 0 Å². The van der Waals surface area contributed by atoms with E-state index in [1.54, 1.807) is 0 Å². The minimum absolute atomic E-state index is 0.0922. The third kappa shape index (κ3) is 2.51. The highest BCUT2D eigenvalue weighted by atomic mass is 16.2. The van der Waals surface area contributed by atoms with E-state index in [2.05, 4.69) is 38.2 Å². The maximum Gasteiger partial charge on any atom is 0.252 e. The van der Waals surface area contributed by atoms with Gasteiger partial charge >= 0.3 is 0 Å². The van der Waals surface area contributed by atoms with Crippen molar-refractivity contribution in [1.82, 2.24) is 5.32 Å². The summed E-state index contributed by atoms with van der Waals surface area (Å²) in [6.07, 6.45) is 3.21. The average molecular weight is 231 g/mol. The van der Waals surface area contributed by atoms with Gasteiger partial charge < -0.3 is 5.32 Å². The predicted molar refractivity (Wildman–Crippen MR) is 70.1 cm³/mol. The fourth-order valence-electron chi connectivity index (χ4n) is 2.54. The van der Waals surface area contributed by atoms with Gasteiger partial charge in [0.25, 0.3) is 5.91 Å². The first-order valence-electron chi connectivity index (χ1n) is 6.55. The first kappa shape index (κ1) is 12.2. The maximum absolute atomic E-state index is 11.8. The summed E-state index contributed by atoms with van der Waals surface area (Å²) >= 11 is 0. The summed E-state index contributed by atoms with van der Waals surface area (Å²) in [5, 5.41) is 3.06. The predicted octanol–water partition coefficient (Wildman–Crippen LogP) is 3.47. The third-order valence-electron chi connectivity index (χ3n) is 3.26. The lowest BCUT2D eigenvalue weighted by Crippen LogP contribution is -2.18. The minimum atomic E-state index is 0.0922. The zero-order chi connectivity index (χ0) is 12.4. The molecule has 0 saturated heterocycles. The Morgan fingerprint density at radius 2 is 2.12 bits per heavy atom. The quantitative estimate of drug-likeness (QED) is 0.844. The molecule has 0 fully saturated rings. The zero-order valence-corrected chi connectivity index (χ0v) is 10.9. The molecule has 2 nitrogen and oxygen atoms in total. The van der Waals surface area contributed by atoms with E-state index in [0.717, 1.165) is 24.8 Å². The van der Waals surface area contributed by atoms with E-state index in [1.165, 1.54) is 11.1 Å². The minimum Gasteiger partial charge on any atom is -0.345 e. The van der Waals surface area contributed by atoms with Crippen LogP contribution in [0, 0.1) is 5.92 Å². The van der Waals surface area contributed by atoms with Crippen LogP contribution in [0.2, 0.25) is 0 Å². The van der Waals surface area contributed by atoms with Gasteiger partial charge in [-0.1, -0.05) is 39.3 Å². The summed E-state index contributed by atoms with van der Waals surface area (Å²) in [6.45, 7) is 6.60. The average Bonchev–Trinajstić information content (AvgIpc) is 2.55. The fourth-order valence-corrected chi connectivity index (χ4v) is 2.54. The van der Waals surface area contributed by atoms with Gasteiger partial charge in [0.1, 0.15) is 0 Å². The standard InChI is InChI=1S/C15H21NO/c1-4-5-14-13-9-11(8-10(2)3)6-7-12(13)15(17)16-14/h6-7,9-10,14H,4-5,8H2,1-3H3,(H,16,17). The molecule has 0 saturated carbocycles. The smallest absolute Gasteiger partial charge is 0.252 e. The molecule has 1 aliphatic rings. The van der Waals surface area contributed by atoms with Gasteiger partial charge in [-0.3, -0.25) is 4.79 Å². The fraction of sp³-hybridized carbons (Fsp3) is 0.533. The van der Waals surface area contributed by atoms with Gasteiger partial charge in [-0.05, 0) is 36.0 Å². The molecule has 0 spiro atoms. The molecule has 1 amide bonds. The monoisotopic (exact) mass is 231 g/mol. The van der Waals surface area contributed by atoms with E-state index >= 15 is 0 Å². The number of benzene rings is 1. The molecule has 1 heterocycles. The number of carbonyl (C=O) groups excluding carboxylic acids is 1. The van der Waals surface area contributed by atoms with E-state index in [-0.39, 0.29) is 11.9 Å². The Hall–Kier alpha value is -1.31. The molecule has 0 bridgehead atoms. The molecular formula is C15H21NO. The summed E-state index contributed by atoms with van der Waals surface area (Å²) in [5.41, 5.74) is 3.42. The molecule has 1 unspecified atom stereocenters. The molecule has 1 aromatic rings. The van der Waals surface area contributed by atoms with Gasteiger partial charge in [0.15, 0.2) is 0 Å². The lowest BCUT2D eigenvalue weighted by Gasteiger charge is -2.12. The summed E-state index contributed by atoms with van der Waals surface area (Å²) in [6, 6.07) is 6.52. The van der Waals surface area contributed by atoms with E-state index in [1.807, 2.05) is 6.07 Å². The van der Waals surface area contributed by atoms with Crippen LogP contribution < -0.4 is 5.32 Å². The van der Waals surface area contributed by atoms with Gasteiger partial charge in [0.2, 0.25) is 0 Å². The van der Waals surface area contributed by atoms with E-state index < -0.39 is 0 Å². The van der Waals surface area contributed by atoms with Crippen LogP contribution in [0.5, 0.6) is 0 Å². The van der Waals surface area contributed by atoms with Crippen LogP contribution >= 0.6 is 0 Å². The van der Waals surface area contributed by atoms with E-state index in [4.69, 9.17) is 0 Å². The summed E-state index contributed by atoms with van der Waals surface area (Å²) in [7, 11) is 0. The molecule has 2 heteroatoms.